The molecule has 3 N–H and O–H groups in total. The minimum absolute atomic E-state index is 0.217. The third-order valence-corrected chi connectivity index (χ3v) is 5.69. The number of hydrazone groups is 1. The van der Waals surface area contributed by atoms with Gasteiger partial charge in [0.25, 0.3) is 5.91 Å². The van der Waals surface area contributed by atoms with Gasteiger partial charge in [0, 0.05) is 12.2 Å². The molecule has 0 saturated carbocycles. The number of halogens is 2. The number of carbonyl (C=O) groups excluding carboxylic acids is 3. The molecule has 0 heterocycles. The van der Waals surface area contributed by atoms with E-state index in [0.29, 0.717) is 26.3 Å². The van der Waals surface area contributed by atoms with Gasteiger partial charge < -0.3 is 20.1 Å². The van der Waals surface area contributed by atoms with E-state index >= 15 is 0 Å². The molecule has 0 fully saturated rings. The summed E-state index contributed by atoms with van der Waals surface area (Å²) in [4.78, 5) is 36.2. The van der Waals surface area contributed by atoms with Gasteiger partial charge in [-0.15, -0.1) is 0 Å². The minimum Gasteiger partial charge on any atom is -0.493 e. The van der Waals surface area contributed by atoms with Gasteiger partial charge in [-0.2, -0.15) is 5.10 Å². The molecule has 37 heavy (non-hydrogen) atoms. The second kappa shape index (κ2) is 13.3. The highest BCUT2D eigenvalue weighted by molar-refractivity contribution is 14.1. The summed E-state index contributed by atoms with van der Waals surface area (Å²) in [7, 11) is 1.44. The summed E-state index contributed by atoms with van der Waals surface area (Å²) < 4.78 is 24.6. The Morgan fingerprint density at radius 1 is 1.03 bits per heavy atom. The molecule has 3 aromatic carbocycles. The maximum atomic E-state index is 13.0. The van der Waals surface area contributed by atoms with Crippen LogP contribution in [-0.4, -0.2) is 37.7 Å². The van der Waals surface area contributed by atoms with E-state index < -0.39 is 23.5 Å². The van der Waals surface area contributed by atoms with E-state index in [0.717, 1.165) is 11.1 Å². The van der Waals surface area contributed by atoms with Crippen LogP contribution in [0.5, 0.6) is 11.5 Å². The van der Waals surface area contributed by atoms with Crippen LogP contribution in [0.15, 0.2) is 65.8 Å². The fourth-order valence-corrected chi connectivity index (χ4v) is 3.79. The van der Waals surface area contributed by atoms with Gasteiger partial charge in [0.05, 0.1) is 16.9 Å². The highest BCUT2D eigenvalue weighted by Crippen LogP contribution is 2.33. The first-order valence-electron chi connectivity index (χ1n) is 11.0. The van der Waals surface area contributed by atoms with Crippen LogP contribution in [0.4, 0.5) is 10.1 Å². The van der Waals surface area contributed by atoms with Crippen LogP contribution < -0.4 is 25.5 Å². The average Bonchev–Trinajstić information content (AvgIpc) is 2.88. The third-order valence-electron chi connectivity index (χ3n) is 4.89. The van der Waals surface area contributed by atoms with Crippen molar-refractivity contribution in [2.75, 3.05) is 19.0 Å². The minimum atomic E-state index is -0.905. The summed E-state index contributed by atoms with van der Waals surface area (Å²) >= 11 is 2.01. The van der Waals surface area contributed by atoms with Crippen LogP contribution in [0.1, 0.15) is 16.7 Å². The summed E-state index contributed by atoms with van der Waals surface area (Å²) in [5.41, 5.74) is 5.15. The predicted molar refractivity (Wildman–Crippen MR) is 145 cm³/mol. The van der Waals surface area contributed by atoms with E-state index in [2.05, 4.69) is 21.2 Å². The Labute approximate surface area is 226 Å². The quantitative estimate of drug-likeness (QED) is 0.147. The Bertz CT molecular complexity index is 1300. The summed E-state index contributed by atoms with van der Waals surface area (Å²) in [6, 6.07) is 16.2. The number of rotatable bonds is 9. The number of nitrogens with one attached hydrogen (secondary N) is 3. The number of nitrogens with zero attached hydrogens (tertiary/aromatic N) is 1. The first-order valence-corrected chi connectivity index (χ1v) is 12.1. The highest BCUT2D eigenvalue weighted by atomic mass is 127. The van der Waals surface area contributed by atoms with Crippen molar-refractivity contribution in [3.05, 3.63) is 86.7 Å². The molecule has 3 aromatic rings. The molecule has 0 radical (unpaired) electrons. The lowest BCUT2D eigenvalue weighted by molar-refractivity contribution is -0.139. The van der Waals surface area contributed by atoms with E-state index in [9.17, 15) is 18.8 Å². The van der Waals surface area contributed by atoms with Gasteiger partial charge in [0.15, 0.2) is 18.1 Å². The molecule has 11 heteroatoms. The normalized spacial score (nSPS) is 10.6. The first kappa shape index (κ1) is 27.6. The lowest BCUT2D eigenvalue weighted by atomic mass is 10.1. The van der Waals surface area contributed by atoms with Gasteiger partial charge >= 0.3 is 11.8 Å². The summed E-state index contributed by atoms with van der Waals surface area (Å²) in [5, 5.41) is 8.97. The molecule has 3 rings (SSSR count). The van der Waals surface area contributed by atoms with Crippen LogP contribution in [0, 0.1) is 16.3 Å². The zero-order valence-electron chi connectivity index (χ0n) is 20.0. The number of benzene rings is 3. The molecule has 0 spiro atoms. The van der Waals surface area contributed by atoms with E-state index in [1.807, 2.05) is 53.8 Å². The smallest absolute Gasteiger partial charge is 0.329 e. The fraction of sp³-hybridized carbons (Fsp3) is 0.154. The zero-order valence-corrected chi connectivity index (χ0v) is 22.2. The Morgan fingerprint density at radius 2 is 1.73 bits per heavy atom. The Hall–Kier alpha value is -4.00. The van der Waals surface area contributed by atoms with Gasteiger partial charge in [0.2, 0.25) is 0 Å². The molecule has 0 unspecified atom stereocenters. The Balaban J connectivity index is 1.53. The molecule has 9 nitrogen and oxygen atoms in total. The van der Waals surface area contributed by atoms with Gasteiger partial charge in [-0.05, 0) is 77.0 Å². The Kier molecular flexibility index (Phi) is 9.95. The van der Waals surface area contributed by atoms with E-state index in [4.69, 9.17) is 9.47 Å². The van der Waals surface area contributed by atoms with Crippen LogP contribution >= 0.6 is 22.6 Å². The SMILES string of the molecule is COc1cc(/C=N\NC(=O)C(=O)NCc2ccc(C)cc2)cc(I)c1OCC(=O)Nc1ccc(F)cc1. The molecular weight excluding hydrogens is 594 g/mol. The third kappa shape index (κ3) is 8.56. The van der Waals surface area contributed by atoms with Crippen molar-refractivity contribution >= 4 is 52.2 Å². The molecule has 0 aliphatic carbocycles. The van der Waals surface area contributed by atoms with Gasteiger partial charge in [0.1, 0.15) is 5.82 Å². The van der Waals surface area contributed by atoms with Crippen molar-refractivity contribution in [2.45, 2.75) is 13.5 Å². The second-order valence-corrected chi connectivity index (χ2v) is 8.91. The standard InChI is InChI=1S/C26H24FIN4O5/c1-16-3-5-17(6-4-16)13-29-25(34)26(35)32-30-14-18-11-21(28)24(22(12-18)36-2)37-15-23(33)31-20-9-7-19(27)8-10-20/h3-12,14H,13,15H2,1-2H3,(H,29,34)(H,31,33)(H,32,35)/b30-14-. The molecule has 0 aromatic heterocycles. The number of anilines is 1. The summed E-state index contributed by atoms with van der Waals surface area (Å²) in [5.74, 6) is -1.87. The van der Waals surface area contributed by atoms with Crippen LogP contribution in [0.25, 0.3) is 0 Å². The number of hydrogen-bond acceptors (Lipinski definition) is 6. The van der Waals surface area contributed by atoms with Crippen molar-refractivity contribution in [1.29, 1.82) is 0 Å². The van der Waals surface area contributed by atoms with Gasteiger partial charge in [-0.25, -0.2) is 9.82 Å². The van der Waals surface area contributed by atoms with Crippen molar-refractivity contribution < 1.29 is 28.2 Å². The molecule has 3 amide bonds. The Morgan fingerprint density at radius 3 is 2.41 bits per heavy atom. The van der Waals surface area contributed by atoms with E-state index in [-0.39, 0.29) is 13.2 Å². The highest BCUT2D eigenvalue weighted by Gasteiger charge is 2.15. The van der Waals surface area contributed by atoms with Gasteiger partial charge in [-0.1, -0.05) is 29.8 Å². The largest absolute Gasteiger partial charge is 0.493 e. The number of carbonyl (C=O) groups is 3. The zero-order chi connectivity index (χ0) is 26.8. The molecule has 0 aliphatic heterocycles. The molecule has 192 valence electrons. The first-order chi connectivity index (χ1) is 17.7. The monoisotopic (exact) mass is 618 g/mol. The average molecular weight is 618 g/mol. The summed E-state index contributed by atoms with van der Waals surface area (Å²) in [6.45, 7) is 1.88. The van der Waals surface area contributed by atoms with Crippen molar-refractivity contribution in [2.24, 2.45) is 5.10 Å². The number of methoxy groups -OCH3 is 1. The van der Waals surface area contributed by atoms with Crippen LogP contribution in [0.2, 0.25) is 0 Å². The number of amides is 3. The van der Waals surface area contributed by atoms with Crippen molar-refractivity contribution in [3.8, 4) is 11.5 Å². The number of hydrogen-bond donors (Lipinski definition) is 3. The lowest BCUT2D eigenvalue weighted by Gasteiger charge is -2.13. The fourth-order valence-electron chi connectivity index (χ4n) is 3.01. The topological polar surface area (TPSA) is 118 Å². The second-order valence-electron chi connectivity index (χ2n) is 7.75. The number of aryl methyl sites for hydroxylation is 1. The van der Waals surface area contributed by atoms with E-state index in [1.165, 1.54) is 37.6 Å². The number of ether oxygens (including phenoxy) is 2. The molecular formula is C26H24FIN4O5. The predicted octanol–water partition coefficient (Wildman–Crippen LogP) is 3.53. The van der Waals surface area contributed by atoms with E-state index in [1.54, 1.807) is 12.1 Å². The molecule has 0 saturated heterocycles. The molecule has 0 aliphatic rings. The molecule has 0 bridgehead atoms. The maximum absolute atomic E-state index is 13.0. The van der Waals surface area contributed by atoms with Crippen molar-refractivity contribution in [3.63, 3.8) is 0 Å². The van der Waals surface area contributed by atoms with Crippen molar-refractivity contribution in [1.82, 2.24) is 10.7 Å². The summed E-state index contributed by atoms with van der Waals surface area (Å²) in [6.07, 6.45) is 1.35. The molecule has 0 atom stereocenters. The van der Waals surface area contributed by atoms with Crippen LogP contribution in [0.3, 0.4) is 0 Å². The lowest BCUT2D eigenvalue weighted by Crippen LogP contribution is -2.37. The van der Waals surface area contributed by atoms with Crippen LogP contribution in [-0.2, 0) is 20.9 Å². The maximum Gasteiger partial charge on any atom is 0.329 e. The van der Waals surface area contributed by atoms with Gasteiger partial charge in [-0.3, -0.25) is 14.4 Å².